The fraction of sp³-hybridized carbons (Fsp3) is 0.909. The third-order valence-corrected chi connectivity index (χ3v) is 4.73. The number of carboxylic acid groups (broad SMARTS) is 1. The van der Waals surface area contributed by atoms with Crippen LogP contribution >= 0.6 is 0 Å². The fourth-order valence-corrected chi connectivity index (χ4v) is 2.23. The average molecular weight is 265 g/mol. The molecule has 102 valence electrons. The summed E-state index contributed by atoms with van der Waals surface area (Å²) < 4.78 is 25.5. The van der Waals surface area contributed by atoms with Gasteiger partial charge in [0.1, 0.15) is 0 Å². The summed E-state index contributed by atoms with van der Waals surface area (Å²) in [5.41, 5.74) is -0.448. The van der Waals surface area contributed by atoms with E-state index in [1.807, 2.05) is 20.8 Å². The van der Waals surface area contributed by atoms with Crippen LogP contribution in [0.3, 0.4) is 0 Å². The Bertz CT molecular complexity index is 373. The lowest BCUT2D eigenvalue weighted by atomic mass is 9.85. The van der Waals surface area contributed by atoms with Crippen molar-refractivity contribution in [1.82, 2.24) is 4.72 Å². The molecule has 6 heteroatoms. The van der Waals surface area contributed by atoms with Crippen molar-refractivity contribution in [2.24, 2.45) is 5.41 Å². The lowest BCUT2D eigenvalue weighted by Gasteiger charge is -2.32. The van der Waals surface area contributed by atoms with Crippen molar-refractivity contribution < 1.29 is 18.3 Å². The van der Waals surface area contributed by atoms with Gasteiger partial charge in [0.05, 0.1) is 11.2 Å². The van der Waals surface area contributed by atoms with Gasteiger partial charge >= 0.3 is 5.97 Å². The van der Waals surface area contributed by atoms with Crippen molar-refractivity contribution in [3.05, 3.63) is 0 Å². The summed E-state index contributed by atoms with van der Waals surface area (Å²) in [6.07, 6.45) is -0.223. The molecule has 0 aromatic rings. The minimum absolute atomic E-state index is 0.223. The molecule has 0 fully saturated rings. The smallest absolute Gasteiger partial charge is 0.304 e. The highest BCUT2D eigenvalue weighted by molar-refractivity contribution is 7.90. The van der Waals surface area contributed by atoms with Gasteiger partial charge in [-0.3, -0.25) is 4.79 Å². The molecule has 0 aromatic carbocycles. The number of sulfonamides is 1. The number of carboxylic acids is 1. The molecule has 0 saturated carbocycles. The summed E-state index contributed by atoms with van der Waals surface area (Å²) in [5.74, 6) is -1.01. The Labute approximate surface area is 104 Å². The molecule has 17 heavy (non-hydrogen) atoms. The van der Waals surface area contributed by atoms with Crippen molar-refractivity contribution >= 4 is 16.0 Å². The highest BCUT2D eigenvalue weighted by atomic mass is 32.2. The van der Waals surface area contributed by atoms with Gasteiger partial charge in [0.25, 0.3) is 0 Å². The van der Waals surface area contributed by atoms with E-state index in [0.717, 1.165) is 0 Å². The molecule has 0 heterocycles. The standard InChI is InChI=1S/C11H23NO4S/c1-10(2,3)8(7-9(13)14)12-17(15,16)11(4,5)6/h8,12H,7H2,1-6H3,(H,13,14). The van der Waals surface area contributed by atoms with Crippen LogP contribution in [0, 0.1) is 5.41 Å². The number of hydrogen-bond acceptors (Lipinski definition) is 3. The first-order chi connectivity index (χ1) is 7.27. The quantitative estimate of drug-likeness (QED) is 0.808. The van der Waals surface area contributed by atoms with Gasteiger partial charge in [0.2, 0.25) is 10.0 Å². The van der Waals surface area contributed by atoms with Crippen LogP contribution in [-0.4, -0.2) is 30.3 Å². The Morgan fingerprint density at radius 3 is 1.82 bits per heavy atom. The van der Waals surface area contributed by atoms with Crippen LogP contribution in [0.15, 0.2) is 0 Å². The fourth-order valence-electron chi connectivity index (χ4n) is 1.06. The van der Waals surface area contributed by atoms with E-state index in [2.05, 4.69) is 4.72 Å². The zero-order valence-corrected chi connectivity index (χ0v) is 12.2. The predicted molar refractivity (Wildman–Crippen MR) is 67.3 cm³/mol. The van der Waals surface area contributed by atoms with Gasteiger partial charge in [-0.1, -0.05) is 20.8 Å². The van der Waals surface area contributed by atoms with E-state index in [1.54, 1.807) is 20.8 Å². The number of hydrogen-bond donors (Lipinski definition) is 2. The van der Waals surface area contributed by atoms with Gasteiger partial charge < -0.3 is 5.11 Å². The minimum atomic E-state index is -3.54. The number of nitrogens with one attached hydrogen (secondary N) is 1. The maximum atomic E-state index is 12.0. The minimum Gasteiger partial charge on any atom is -0.481 e. The van der Waals surface area contributed by atoms with Gasteiger partial charge in [0.15, 0.2) is 0 Å². The topological polar surface area (TPSA) is 83.5 Å². The number of aliphatic carboxylic acids is 1. The summed E-state index contributed by atoms with van der Waals surface area (Å²) in [6.45, 7) is 10.2. The largest absolute Gasteiger partial charge is 0.481 e. The first-order valence-corrected chi connectivity index (χ1v) is 6.99. The summed E-state index contributed by atoms with van der Waals surface area (Å²) >= 11 is 0. The normalized spacial score (nSPS) is 15.6. The van der Waals surface area contributed by atoms with Crippen LogP contribution in [-0.2, 0) is 14.8 Å². The summed E-state index contributed by atoms with van der Waals surface area (Å²) in [5, 5.41) is 8.81. The molecule has 0 aliphatic rings. The van der Waals surface area contributed by atoms with E-state index in [-0.39, 0.29) is 6.42 Å². The molecule has 0 aromatic heterocycles. The molecule has 0 aliphatic heterocycles. The predicted octanol–water partition coefficient (Wildman–Crippen LogP) is 1.59. The second-order valence-electron chi connectivity index (χ2n) is 6.25. The first-order valence-electron chi connectivity index (χ1n) is 5.51. The van der Waals surface area contributed by atoms with Gasteiger partial charge in [-0.15, -0.1) is 0 Å². The summed E-state index contributed by atoms with van der Waals surface area (Å²) in [7, 11) is -3.54. The zero-order valence-electron chi connectivity index (χ0n) is 11.4. The van der Waals surface area contributed by atoms with Crippen molar-refractivity contribution in [2.45, 2.75) is 58.8 Å². The highest BCUT2D eigenvalue weighted by Crippen LogP contribution is 2.25. The molecular formula is C11H23NO4S. The van der Waals surface area contributed by atoms with E-state index in [0.29, 0.717) is 0 Å². The molecule has 0 aliphatic carbocycles. The molecule has 0 saturated heterocycles. The van der Waals surface area contributed by atoms with Crippen LogP contribution in [0.25, 0.3) is 0 Å². The Kier molecular flexibility index (Phi) is 4.76. The van der Waals surface area contributed by atoms with Crippen molar-refractivity contribution in [3.63, 3.8) is 0 Å². The Morgan fingerprint density at radius 1 is 1.18 bits per heavy atom. The molecule has 0 rings (SSSR count). The van der Waals surface area contributed by atoms with Crippen LogP contribution in [0.5, 0.6) is 0 Å². The molecule has 0 amide bonds. The monoisotopic (exact) mass is 265 g/mol. The SMILES string of the molecule is CC(C)(C)C(CC(=O)O)NS(=O)(=O)C(C)(C)C. The molecule has 0 spiro atoms. The molecule has 2 N–H and O–H groups in total. The second-order valence-corrected chi connectivity index (χ2v) is 8.72. The van der Waals surface area contributed by atoms with Gasteiger partial charge in [0, 0.05) is 6.04 Å². The lowest BCUT2D eigenvalue weighted by Crippen LogP contribution is -2.50. The molecule has 5 nitrogen and oxygen atoms in total. The van der Waals surface area contributed by atoms with E-state index in [1.165, 1.54) is 0 Å². The molecule has 0 bridgehead atoms. The van der Waals surface area contributed by atoms with Crippen LogP contribution in [0.2, 0.25) is 0 Å². The number of carbonyl (C=O) groups is 1. The van der Waals surface area contributed by atoms with Crippen molar-refractivity contribution in [1.29, 1.82) is 0 Å². The molecule has 0 radical (unpaired) electrons. The van der Waals surface area contributed by atoms with Crippen LogP contribution in [0.1, 0.15) is 48.0 Å². The second kappa shape index (κ2) is 4.94. The lowest BCUT2D eigenvalue weighted by molar-refractivity contribution is -0.138. The maximum Gasteiger partial charge on any atom is 0.304 e. The highest BCUT2D eigenvalue weighted by Gasteiger charge is 2.36. The third-order valence-electron chi connectivity index (χ3n) is 2.53. The number of rotatable bonds is 4. The van der Waals surface area contributed by atoms with Crippen LogP contribution < -0.4 is 4.72 Å². The molecular weight excluding hydrogens is 242 g/mol. The van der Waals surface area contributed by atoms with Crippen molar-refractivity contribution in [3.8, 4) is 0 Å². The molecule has 1 atom stereocenters. The maximum absolute atomic E-state index is 12.0. The summed E-state index contributed by atoms with van der Waals surface area (Å²) in [6, 6.07) is -0.621. The van der Waals surface area contributed by atoms with Gasteiger partial charge in [-0.25, -0.2) is 13.1 Å². The van der Waals surface area contributed by atoms with E-state index in [4.69, 9.17) is 5.11 Å². The Hall–Kier alpha value is -0.620. The first kappa shape index (κ1) is 16.4. The average Bonchev–Trinajstić information content (AvgIpc) is 1.97. The van der Waals surface area contributed by atoms with Gasteiger partial charge in [-0.05, 0) is 26.2 Å². The zero-order chi connectivity index (χ0) is 14.1. The Balaban J connectivity index is 5.09. The third kappa shape index (κ3) is 5.04. The Morgan fingerprint density at radius 2 is 1.59 bits per heavy atom. The van der Waals surface area contributed by atoms with E-state index in [9.17, 15) is 13.2 Å². The van der Waals surface area contributed by atoms with Crippen molar-refractivity contribution in [2.75, 3.05) is 0 Å². The molecule has 1 unspecified atom stereocenters. The van der Waals surface area contributed by atoms with E-state index < -0.39 is 32.2 Å². The summed E-state index contributed by atoms with van der Waals surface area (Å²) in [4.78, 5) is 10.8. The van der Waals surface area contributed by atoms with E-state index >= 15 is 0 Å². The van der Waals surface area contributed by atoms with Crippen LogP contribution in [0.4, 0.5) is 0 Å². The van der Waals surface area contributed by atoms with Gasteiger partial charge in [-0.2, -0.15) is 0 Å².